The summed E-state index contributed by atoms with van der Waals surface area (Å²) >= 11 is 5.88. The SMILES string of the molecule is N#Cc1ccc(OCc2ccc(F)cc2Cl)cc1. The molecule has 0 fully saturated rings. The summed E-state index contributed by atoms with van der Waals surface area (Å²) in [7, 11) is 0. The van der Waals surface area contributed by atoms with Gasteiger partial charge >= 0.3 is 0 Å². The van der Waals surface area contributed by atoms with Crippen molar-refractivity contribution in [1.29, 1.82) is 5.26 Å². The van der Waals surface area contributed by atoms with Crippen molar-refractivity contribution in [3.8, 4) is 11.8 Å². The van der Waals surface area contributed by atoms with Crippen LogP contribution in [-0.4, -0.2) is 0 Å². The third kappa shape index (κ3) is 2.99. The lowest BCUT2D eigenvalue weighted by Gasteiger charge is -2.07. The van der Waals surface area contributed by atoms with Crippen LogP contribution in [0.4, 0.5) is 4.39 Å². The van der Waals surface area contributed by atoms with Gasteiger partial charge in [0.1, 0.15) is 18.2 Å². The van der Waals surface area contributed by atoms with Gasteiger partial charge in [-0.15, -0.1) is 0 Å². The Morgan fingerprint density at radius 3 is 2.50 bits per heavy atom. The molecule has 2 rings (SSSR count). The number of halogens is 2. The van der Waals surface area contributed by atoms with Crippen LogP contribution in [0.1, 0.15) is 11.1 Å². The van der Waals surface area contributed by atoms with Gasteiger partial charge in [0.2, 0.25) is 0 Å². The molecule has 0 saturated heterocycles. The molecular weight excluding hydrogens is 253 g/mol. The van der Waals surface area contributed by atoms with E-state index < -0.39 is 0 Å². The molecule has 0 amide bonds. The van der Waals surface area contributed by atoms with Crippen molar-refractivity contribution < 1.29 is 9.13 Å². The lowest BCUT2D eigenvalue weighted by atomic mass is 10.2. The molecule has 0 bridgehead atoms. The molecule has 0 aliphatic heterocycles. The van der Waals surface area contributed by atoms with Gasteiger partial charge in [-0.25, -0.2) is 4.39 Å². The molecule has 18 heavy (non-hydrogen) atoms. The fourth-order valence-corrected chi connectivity index (χ4v) is 1.65. The molecule has 0 N–H and O–H groups in total. The Balaban J connectivity index is 2.04. The molecule has 2 aromatic carbocycles. The molecule has 0 aromatic heterocycles. The highest BCUT2D eigenvalue weighted by Crippen LogP contribution is 2.20. The average molecular weight is 262 g/mol. The second kappa shape index (κ2) is 5.52. The number of hydrogen-bond donors (Lipinski definition) is 0. The van der Waals surface area contributed by atoms with Crippen molar-refractivity contribution in [3.05, 3.63) is 64.4 Å². The van der Waals surface area contributed by atoms with E-state index in [1.807, 2.05) is 6.07 Å². The first kappa shape index (κ1) is 12.4. The molecule has 0 heterocycles. The number of nitriles is 1. The summed E-state index contributed by atoms with van der Waals surface area (Å²) in [5, 5.41) is 8.99. The first-order valence-electron chi connectivity index (χ1n) is 5.26. The number of rotatable bonds is 3. The van der Waals surface area contributed by atoms with E-state index in [0.717, 1.165) is 0 Å². The van der Waals surface area contributed by atoms with Gasteiger partial charge < -0.3 is 4.74 Å². The number of nitrogens with zero attached hydrogens (tertiary/aromatic N) is 1. The smallest absolute Gasteiger partial charge is 0.124 e. The lowest BCUT2D eigenvalue weighted by molar-refractivity contribution is 0.306. The summed E-state index contributed by atoms with van der Waals surface area (Å²) in [5.41, 5.74) is 1.28. The Labute approximate surface area is 109 Å². The molecule has 0 radical (unpaired) electrons. The van der Waals surface area contributed by atoms with Crippen LogP contribution < -0.4 is 4.74 Å². The maximum atomic E-state index is 12.8. The Morgan fingerprint density at radius 2 is 1.89 bits per heavy atom. The minimum absolute atomic E-state index is 0.255. The quantitative estimate of drug-likeness (QED) is 0.839. The fourth-order valence-electron chi connectivity index (χ4n) is 1.43. The second-order valence-corrected chi connectivity index (χ2v) is 4.07. The van der Waals surface area contributed by atoms with E-state index in [1.54, 1.807) is 30.3 Å². The van der Waals surface area contributed by atoms with E-state index in [0.29, 0.717) is 21.9 Å². The summed E-state index contributed by atoms with van der Waals surface area (Å²) in [6.07, 6.45) is 0. The average Bonchev–Trinajstić information content (AvgIpc) is 2.38. The zero-order valence-corrected chi connectivity index (χ0v) is 10.1. The van der Waals surface area contributed by atoms with E-state index in [-0.39, 0.29) is 12.4 Å². The molecule has 2 aromatic rings. The highest BCUT2D eigenvalue weighted by Gasteiger charge is 2.03. The van der Waals surface area contributed by atoms with Crippen LogP contribution in [-0.2, 0) is 6.61 Å². The van der Waals surface area contributed by atoms with Gasteiger partial charge in [-0.2, -0.15) is 5.26 Å². The molecule has 0 spiro atoms. The van der Waals surface area contributed by atoms with Gasteiger partial charge in [0.15, 0.2) is 0 Å². The minimum atomic E-state index is -0.373. The Morgan fingerprint density at radius 1 is 1.17 bits per heavy atom. The van der Waals surface area contributed by atoms with Crippen LogP contribution in [0, 0.1) is 17.1 Å². The summed E-state index contributed by atoms with van der Waals surface area (Å²) in [4.78, 5) is 0. The van der Waals surface area contributed by atoms with Crippen LogP contribution in [0.25, 0.3) is 0 Å². The monoisotopic (exact) mass is 261 g/mol. The van der Waals surface area contributed by atoms with E-state index in [4.69, 9.17) is 21.6 Å². The molecule has 0 atom stereocenters. The predicted molar refractivity (Wildman–Crippen MR) is 66.9 cm³/mol. The van der Waals surface area contributed by atoms with Gasteiger partial charge in [-0.05, 0) is 36.4 Å². The zero-order chi connectivity index (χ0) is 13.0. The fraction of sp³-hybridized carbons (Fsp3) is 0.0714. The third-order valence-electron chi connectivity index (χ3n) is 2.39. The maximum absolute atomic E-state index is 12.8. The Kier molecular flexibility index (Phi) is 3.81. The van der Waals surface area contributed by atoms with Crippen molar-refractivity contribution in [2.24, 2.45) is 0 Å². The van der Waals surface area contributed by atoms with Crippen LogP contribution in [0.3, 0.4) is 0 Å². The van der Waals surface area contributed by atoms with Crippen molar-refractivity contribution >= 4 is 11.6 Å². The molecule has 0 aliphatic carbocycles. The lowest BCUT2D eigenvalue weighted by Crippen LogP contribution is -1.96. The standard InChI is InChI=1S/C14H9ClFNO/c15-14-7-12(16)4-3-11(14)9-18-13-5-1-10(8-17)2-6-13/h1-7H,9H2. The van der Waals surface area contributed by atoms with Crippen LogP contribution >= 0.6 is 11.6 Å². The van der Waals surface area contributed by atoms with Gasteiger partial charge in [0, 0.05) is 5.56 Å². The second-order valence-electron chi connectivity index (χ2n) is 3.66. The number of hydrogen-bond acceptors (Lipinski definition) is 2. The maximum Gasteiger partial charge on any atom is 0.124 e. The molecule has 0 saturated carbocycles. The van der Waals surface area contributed by atoms with Crippen LogP contribution in [0.2, 0.25) is 5.02 Å². The first-order chi connectivity index (χ1) is 8.69. The van der Waals surface area contributed by atoms with Crippen LogP contribution in [0.15, 0.2) is 42.5 Å². The van der Waals surface area contributed by atoms with E-state index >= 15 is 0 Å². The van der Waals surface area contributed by atoms with Gasteiger partial charge in [0.05, 0.1) is 16.7 Å². The largest absolute Gasteiger partial charge is 0.489 e. The van der Waals surface area contributed by atoms with Crippen molar-refractivity contribution in [3.63, 3.8) is 0 Å². The summed E-state index contributed by atoms with van der Waals surface area (Å²) in [5.74, 6) is 0.261. The summed E-state index contributed by atoms with van der Waals surface area (Å²) < 4.78 is 18.3. The highest BCUT2D eigenvalue weighted by atomic mass is 35.5. The molecule has 4 heteroatoms. The molecule has 90 valence electrons. The third-order valence-corrected chi connectivity index (χ3v) is 2.74. The summed E-state index contributed by atoms with van der Waals surface area (Å²) in [6.45, 7) is 0.255. The molecule has 0 aliphatic rings. The summed E-state index contributed by atoms with van der Waals surface area (Å²) in [6, 6.07) is 12.9. The normalized spacial score (nSPS) is 9.83. The van der Waals surface area contributed by atoms with Crippen molar-refractivity contribution in [2.75, 3.05) is 0 Å². The molecule has 0 unspecified atom stereocenters. The van der Waals surface area contributed by atoms with E-state index in [2.05, 4.69) is 0 Å². The number of ether oxygens (including phenoxy) is 1. The Bertz CT molecular complexity index is 590. The Hall–Kier alpha value is -2.05. The highest BCUT2D eigenvalue weighted by molar-refractivity contribution is 6.31. The predicted octanol–water partition coefficient (Wildman–Crippen LogP) is 3.93. The molecular formula is C14H9ClFNO. The van der Waals surface area contributed by atoms with Gasteiger partial charge in [-0.3, -0.25) is 0 Å². The van der Waals surface area contributed by atoms with Crippen molar-refractivity contribution in [2.45, 2.75) is 6.61 Å². The minimum Gasteiger partial charge on any atom is -0.489 e. The van der Waals surface area contributed by atoms with Crippen LogP contribution in [0.5, 0.6) is 5.75 Å². The topological polar surface area (TPSA) is 33.0 Å². The zero-order valence-electron chi connectivity index (χ0n) is 9.36. The van der Waals surface area contributed by atoms with E-state index in [9.17, 15) is 4.39 Å². The van der Waals surface area contributed by atoms with E-state index in [1.165, 1.54) is 12.1 Å². The number of benzene rings is 2. The van der Waals surface area contributed by atoms with Crippen molar-refractivity contribution in [1.82, 2.24) is 0 Å². The molecule has 2 nitrogen and oxygen atoms in total. The van der Waals surface area contributed by atoms with Gasteiger partial charge in [-0.1, -0.05) is 17.7 Å². The van der Waals surface area contributed by atoms with Gasteiger partial charge in [0.25, 0.3) is 0 Å². The first-order valence-corrected chi connectivity index (χ1v) is 5.64.